The van der Waals surface area contributed by atoms with Crippen molar-refractivity contribution >= 4 is 0 Å². The molecule has 1 saturated carbocycles. The van der Waals surface area contributed by atoms with Gasteiger partial charge in [-0.15, -0.1) is 0 Å². The van der Waals surface area contributed by atoms with Gasteiger partial charge in [-0.2, -0.15) is 4.98 Å². The van der Waals surface area contributed by atoms with E-state index in [1.165, 1.54) is 12.8 Å². The van der Waals surface area contributed by atoms with Gasteiger partial charge in [0.1, 0.15) is 5.60 Å². The molecule has 2 N–H and O–H groups in total. The molecular weight excluding hydrogens is 242 g/mol. The van der Waals surface area contributed by atoms with Crippen LogP contribution in [0.2, 0.25) is 0 Å². The molecular formula is C14H25N3O2. The van der Waals surface area contributed by atoms with Crippen LogP contribution in [0.4, 0.5) is 0 Å². The van der Waals surface area contributed by atoms with Crippen molar-refractivity contribution in [3.8, 4) is 0 Å². The second-order valence-electron chi connectivity index (χ2n) is 5.31. The third-order valence-electron chi connectivity index (χ3n) is 3.94. The molecule has 0 bridgehead atoms. The van der Waals surface area contributed by atoms with Gasteiger partial charge >= 0.3 is 0 Å². The topological polar surface area (TPSA) is 74.2 Å². The number of aromatic nitrogens is 2. The lowest BCUT2D eigenvalue weighted by Gasteiger charge is -2.29. The fourth-order valence-electron chi connectivity index (χ4n) is 2.75. The van der Waals surface area contributed by atoms with E-state index in [-0.39, 0.29) is 11.6 Å². The molecule has 2 rings (SSSR count). The molecule has 1 aliphatic rings. The zero-order valence-electron chi connectivity index (χ0n) is 12.0. The first-order chi connectivity index (χ1) is 9.22. The lowest BCUT2D eigenvalue weighted by atomic mass is 9.93. The van der Waals surface area contributed by atoms with Crippen molar-refractivity contribution in [2.75, 3.05) is 6.61 Å². The quantitative estimate of drug-likeness (QED) is 0.830. The van der Waals surface area contributed by atoms with Gasteiger partial charge in [0.2, 0.25) is 11.7 Å². The standard InChI is InChI=1S/C14H25N3O2/c1-3-11(15)12-16-13(17-19-12)14(18-4-2)9-7-5-6-8-10-14/h11H,3-10,15H2,1-2H3. The van der Waals surface area contributed by atoms with Crippen LogP contribution in [-0.4, -0.2) is 16.7 Å². The maximum absolute atomic E-state index is 6.04. The maximum atomic E-state index is 6.04. The number of ether oxygens (including phenoxy) is 1. The van der Waals surface area contributed by atoms with Gasteiger partial charge in [0.05, 0.1) is 6.04 Å². The normalized spacial score (nSPS) is 21.0. The predicted octanol–water partition coefficient (Wildman–Crippen LogP) is 3.07. The highest BCUT2D eigenvalue weighted by molar-refractivity contribution is 5.04. The second kappa shape index (κ2) is 6.48. The van der Waals surface area contributed by atoms with E-state index in [1.54, 1.807) is 0 Å². The molecule has 0 radical (unpaired) electrons. The molecule has 0 spiro atoms. The predicted molar refractivity (Wildman–Crippen MR) is 72.5 cm³/mol. The third-order valence-corrected chi connectivity index (χ3v) is 3.94. The summed E-state index contributed by atoms with van der Waals surface area (Å²) in [6, 6.07) is -0.175. The molecule has 1 unspecified atom stereocenters. The van der Waals surface area contributed by atoms with Crippen LogP contribution in [0.1, 0.15) is 76.6 Å². The molecule has 1 atom stereocenters. The number of nitrogens with zero attached hydrogens (tertiary/aromatic N) is 2. The van der Waals surface area contributed by atoms with Crippen molar-refractivity contribution in [3.05, 3.63) is 11.7 Å². The van der Waals surface area contributed by atoms with Crippen LogP contribution in [0.15, 0.2) is 4.52 Å². The molecule has 0 saturated heterocycles. The van der Waals surface area contributed by atoms with E-state index < -0.39 is 0 Å². The monoisotopic (exact) mass is 267 g/mol. The van der Waals surface area contributed by atoms with E-state index in [9.17, 15) is 0 Å². The minimum atomic E-state index is -0.361. The smallest absolute Gasteiger partial charge is 0.243 e. The summed E-state index contributed by atoms with van der Waals surface area (Å²) < 4.78 is 11.4. The Morgan fingerprint density at radius 3 is 2.53 bits per heavy atom. The van der Waals surface area contributed by atoms with Crippen LogP contribution in [0.25, 0.3) is 0 Å². The molecule has 5 heteroatoms. The van der Waals surface area contributed by atoms with Crippen molar-refractivity contribution < 1.29 is 9.26 Å². The number of nitrogens with two attached hydrogens (primary N) is 1. The summed E-state index contributed by atoms with van der Waals surface area (Å²) in [4.78, 5) is 4.51. The molecule has 0 aliphatic heterocycles. The summed E-state index contributed by atoms with van der Waals surface area (Å²) in [5.74, 6) is 1.22. The Balaban J connectivity index is 2.24. The van der Waals surface area contributed by atoms with Gasteiger partial charge in [0.25, 0.3) is 0 Å². The lowest BCUT2D eigenvalue weighted by Crippen LogP contribution is -2.31. The van der Waals surface area contributed by atoms with Gasteiger partial charge in [-0.25, -0.2) is 0 Å². The summed E-state index contributed by atoms with van der Waals surface area (Å²) >= 11 is 0. The summed E-state index contributed by atoms with van der Waals surface area (Å²) in [6.07, 6.45) is 7.57. The molecule has 108 valence electrons. The molecule has 5 nitrogen and oxygen atoms in total. The summed E-state index contributed by atoms with van der Waals surface area (Å²) in [7, 11) is 0. The summed E-state index contributed by atoms with van der Waals surface area (Å²) in [6.45, 7) is 4.70. The van der Waals surface area contributed by atoms with E-state index >= 15 is 0 Å². The van der Waals surface area contributed by atoms with E-state index in [0.29, 0.717) is 18.3 Å². The van der Waals surface area contributed by atoms with Crippen molar-refractivity contribution in [1.29, 1.82) is 0 Å². The van der Waals surface area contributed by atoms with Crippen molar-refractivity contribution in [1.82, 2.24) is 10.1 Å². The molecule has 1 heterocycles. The van der Waals surface area contributed by atoms with Crippen LogP contribution in [0.3, 0.4) is 0 Å². The van der Waals surface area contributed by atoms with Crippen LogP contribution < -0.4 is 5.73 Å². The molecule has 1 aromatic heterocycles. The Kier molecular flexibility index (Phi) is 4.93. The zero-order chi connectivity index (χ0) is 13.7. The second-order valence-corrected chi connectivity index (χ2v) is 5.31. The van der Waals surface area contributed by atoms with Gasteiger partial charge in [0, 0.05) is 6.61 Å². The van der Waals surface area contributed by atoms with E-state index in [1.807, 2.05) is 13.8 Å². The van der Waals surface area contributed by atoms with Crippen LogP contribution in [0, 0.1) is 0 Å². The van der Waals surface area contributed by atoms with E-state index in [0.717, 1.165) is 32.1 Å². The molecule has 19 heavy (non-hydrogen) atoms. The Labute approximate surface area is 114 Å². The molecule has 0 aromatic carbocycles. The average molecular weight is 267 g/mol. The van der Waals surface area contributed by atoms with E-state index in [4.69, 9.17) is 15.0 Å². The molecule has 1 fully saturated rings. The highest BCUT2D eigenvalue weighted by atomic mass is 16.5. The van der Waals surface area contributed by atoms with Gasteiger partial charge in [-0.05, 0) is 26.2 Å². The highest BCUT2D eigenvalue weighted by Crippen LogP contribution is 2.38. The molecule has 1 aromatic rings. The zero-order valence-corrected chi connectivity index (χ0v) is 12.0. The minimum absolute atomic E-state index is 0.175. The van der Waals surface area contributed by atoms with Gasteiger partial charge in [0.15, 0.2) is 0 Å². The largest absolute Gasteiger partial charge is 0.367 e. The number of hydrogen-bond donors (Lipinski definition) is 1. The first-order valence-corrected chi connectivity index (χ1v) is 7.45. The number of rotatable bonds is 5. The highest BCUT2D eigenvalue weighted by Gasteiger charge is 2.38. The Morgan fingerprint density at radius 1 is 1.26 bits per heavy atom. The number of hydrogen-bond acceptors (Lipinski definition) is 5. The molecule has 1 aliphatic carbocycles. The minimum Gasteiger partial charge on any atom is -0.367 e. The Hall–Kier alpha value is -0.940. The van der Waals surface area contributed by atoms with Crippen molar-refractivity contribution in [2.45, 2.75) is 70.4 Å². The Bertz CT molecular complexity index is 384. The first kappa shape index (κ1) is 14.5. The average Bonchev–Trinajstić information content (AvgIpc) is 2.81. The SMILES string of the molecule is CCOC1(c2noc(C(N)CC)n2)CCCCCC1. The van der Waals surface area contributed by atoms with Gasteiger partial charge < -0.3 is 15.0 Å². The Morgan fingerprint density at radius 2 is 1.95 bits per heavy atom. The van der Waals surface area contributed by atoms with E-state index in [2.05, 4.69) is 10.1 Å². The summed E-state index contributed by atoms with van der Waals surface area (Å²) in [5.41, 5.74) is 5.59. The lowest BCUT2D eigenvalue weighted by molar-refractivity contribution is -0.0636. The van der Waals surface area contributed by atoms with Crippen molar-refractivity contribution in [2.24, 2.45) is 5.73 Å². The van der Waals surface area contributed by atoms with Gasteiger partial charge in [-0.3, -0.25) is 0 Å². The molecule has 0 amide bonds. The fraction of sp³-hybridized carbons (Fsp3) is 0.857. The third kappa shape index (κ3) is 3.15. The summed E-state index contributed by atoms with van der Waals surface area (Å²) in [5, 5.41) is 4.15. The first-order valence-electron chi connectivity index (χ1n) is 7.45. The van der Waals surface area contributed by atoms with Crippen LogP contribution in [0.5, 0.6) is 0 Å². The maximum Gasteiger partial charge on any atom is 0.243 e. The van der Waals surface area contributed by atoms with Crippen molar-refractivity contribution in [3.63, 3.8) is 0 Å². The fourth-order valence-corrected chi connectivity index (χ4v) is 2.75. The van der Waals surface area contributed by atoms with Gasteiger partial charge in [-0.1, -0.05) is 37.8 Å². The van der Waals surface area contributed by atoms with Crippen LogP contribution >= 0.6 is 0 Å². The van der Waals surface area contributed by atoms with Crippen LogP contribution in [-0.2, 0) is 10.3 Å².